The largest absolute Gasteiger partial charge is 0.491 e. The van der Waals surface area contributed by atoms with E-state index in [1.54, 1.807) is 4.57 Å². The highest BCUT2D eigenvalue weighted by atomic mass is 19.4. The van der Waals surface area contributed by atoms with Crippen molar-refractivity contribution in [1.82, 2.24) is 14.9 Å². The smallest absolute Gasteiger partial charge is 0.381 e. The van der Waals surface area contributed by atoms with Gasteiger partial charge < -0.3 is 14.6 Å². The predicted molar refractivity (Wildman–Crippen MR) is 50.4 cm³/mol. The lowest BCUT2D eigenvalue weighted by atomic mass is 10.4. The Morgan fingerprint density at radius 1 is 1.44 bits per heavy atom. The van der Waals surface area contributed by atoms with Crippen molar-refractivity contribution in [3.05, 3.63) is 17.7 Å². The Kier molecular flexibility index (Phi) is 3.07. The summed E-state index contributed by atoms with van der Waals surface area (Å²) < 4.78 is 41.0. The number of esters is 2. The first kappa shape index (κ1) is 12.6. The topological polar surface area (TPSA) is 73.2 Å². The van der Waals surface area contributed by atoms with Crippen LogP contribution in [0.4, 0.5) is 13.2 Å². The minimum absolute atomic E-state index is 0.314. The number of fused-ring (bicyclic) bond motifs is 1. The molecule has 2 rings (SSSR count). The molecule has 1 aliphatic rings. The highest BCUT2D eigenvalue weighted by Crippen LogP contribution is 2.17. The van der Waals surface area contributed by atoms with Gasteiger partial charge in [-0.25, -0.2) is 14.6 Å². The number of nitrogens with one attached hydrogen (secondary N) is 1. The van der Waals surface area contributed by atoms with Crippen LogP contribution in [0.3, 0.4) is 0 Å². The molecule has 1 N–H and O–H groups in total. The third-order valence-electron chi connectivity index (χ3n) is 2.30. The number of hydrogen-bond acceptors (Lipinski definition) is 5. The van der Waals surface area contributed by atoms with Gasteiger partial charge in [0.2, 0.25) is 0 Å². The van der Waals surface area contributed by atoms with Crippen molar-refractivity contribution in [2.75, 3.05) is 6.54 Å². The molecule has 0 aliphatic carbocycles. The number of halogens is 3. The SMILES string of the molecule is O=C(OC(=O)C(F)(F)F)c1cn2c(n1)CNCC2. The number of nitrogens with zero attached hydrogens (tertiary/aromatic N) is 2. The summed E-state index contributed by atoms with van der Waals surface area (Å²) in [7, 11) is 0. The maximum absolute atomic E-state index is 11.9. The Morgan fingerprint density at radius 2 is 2.17 bits per heavy atom. The Bertz CT molecular complexity index is 471. The van der Waals surface area contributed by atoms with Crippen LogP contribution in [0.15, 0.2) is 6.20 Å². The van der Waals surface area contributed by atoms with Crippen LogP contribution in [0.5, 0.6) is 0 Å². The summed E-state index contributed by atoms with van der Waals surface area (Å²) in [6, 6.07) is 0. The van der Waals surface area contributed by atoms with Crippen molar-refractivity contribution in [1.29, 1.82) is 0 Å². The van der Waals surface area contributed by atoms with Crippen LogP contribution in [-0.2, 0) is 22.6 Å². The van der Waals surface area contributed by atoms with Crippen molar-refractivity contribution in [3.63, 3.8) is 0 Å². The van der Waals surface area contributed by atoms with Gasteiger partial charge in [-0.15, -0.1) is 0 Å². The quantitative estimate of drug-likeness (QED) is 0.580. The Labute approximate surface area is 98.7 Å². The average molecular weight is 263 g/mol. The number of imidazole rings is 1. The number of aromatic nitrogens is 2. The standard InChI is InChI=1S/C9H8F3N3O3/c10-9(11,12)8(17)18-7(16)5-4-15-2-1-13-3-6(15)14-5/h4,13H,1-3H2. The number of carbonyl (C=O) groups is 2. The Hall–Kier alpha value is -1.90. The molecule has 0 atom stereocenters. The monoisotopic (exact) mass is 263 g/mol. The van der Waals surface area contributed by atoms with Crippen molar-refractivity contribution in [2.45, 2.75) is 19.3 Å². The second-order valence-corrected chi connectivity index (χ2v) is 3.59. The van der Waals surface area contributed by atoms with Gasteiger partial charge in [0.05, 0.1) is 6.54 Å². The van der Waals surface area contributed by atoms with Crippen LogP contribution in [0.1, 0.15) is 16.3 Å². The molecule has 0 aromatic carbocycles. The first-order chi connectivity index (χ1) is 8.38. The zero-order chi connectivity index (χ0) is 13.3. The molecule has 9 heteroatoms. The summed E-state index contributed by atoms with van der Waals surface area (Å²) in [6.45, 7) is 1.61. The minimum Gasteiger partial charge on any atom is -0.381 e. The summed E-state index contributed by atoms with van der Waals surface area (Å²) in [5, 5.41) is 2.98. The first-order valence-electron chi connectivity index (χ1n) is 4.98. The van der Waals surface area contributed by atoms with Gasteiger partial charge in [0.1, 0.15) is 5.82 Å². The number of ether oxygens (including phenoxy) is 1. The molecule has 0 unspecified atom stereocenters. The molecule has 1 aliphatic heterocycles. The van der Waals surface area contributed by atoms with Crippen molar-refractivity contribution < 1.29 is 27.5 Å². The van der Waals surface area contributed by atoms with Gasteiger partial charge in [0, 0.05) is 19.3 Å². The molecule has 0 bridgehead atoms. The molecule has 2 heterocycles. The predicted octanol–water partition coefficient (Wildman–Crippen LogP) is 0.232. The van der Waals surface area contributed by atoms with Gasteiger partial charge >= 0.3 is 18.1 Å². The first-order valence-corrected chi connectivity index (χ1v) is 4.98. The van der Waals surface area contributed by atoms with E-state index in [0.29, 0.717) is 25.5 Å². The van der Waals surface area contributed by atoms with Crippen LogP contribution in [0.2, 0.25) is 0 Å². The van der Waals surface area contributed by atoms with Crippen molar-refractivity contribution in [2.24, 2.45) is 0 Å². The van der Waals surface area contributed by atoms with E-state index < -0.39 is 18.1 Å². The maximum atomic E-state index is 11.9. The van der Waals surface area contributed by atoms with E-state index in [4.69, 9.17) is 0 Å². The third kappa shape index (κ3) is 2.50. The summed E-state index contributed by atoms with van der Waals surface area (Å²) in [6.07, 6.45) is -3.93. The summed E-state index contributed by atoms with van der Waals surface area (Å²) >= 11 is 0. The molecule has 1 aromatic heterocycles. The molecule has 0 fully saturated rings. The molecular formula is C9H8F3N3O3. The van der Waals surface area contributed by atoms with E-state index in [-0.39, 0.29) is 5.69 Å². The van der Waals surface area contributed by atoms with Gasteiger partial charge in [0.25, 0.3) is 0 Å². The third-order valence-corrected chi connectivity index (χ3v) is 2.30. The van der Waals surface area contributed by atoms with Gasteiger partial charge in [-0.2, -0.15) is 13.2 Å². The Balaban J connectivity index is 2.10. The number of hydrogen-bond donors (Lipinski definition) is 1. The molecule has 0 saturated heterocycles. The molecule has 0 spiro atoms. The van der Waals surface area contributed by atoms with Crippen molar-refractivity contribution >= 4 is 11.9 Å². The lowest BCUT2D eigenvalue weighted by Gasteiger charge is -2.13. The fourth-order valence-electron chi connectivity index (χ4n) is 1.48. The van der Waals surface area contributed by atoms with E-state index in [1.807, 2.05) is 0 Å². The van der Waals surface area contributed by atoms with E-state index in [0.717, 1.165) is 0 Å². The number of alkyl halides is 3. The van der Waals surface area contributed by atoms with E-state index in [1.165, 1.54) is 6.20 Å². The number of rotatable bonds is 1. The van der Waals surface area contributed by atoms with E-state index in [2.05, 4.69) is 15.0 Å². The second-order valence-electron chi connectivity index (χ2n) is 3.59. The highest BCUT2D eigenvalue weighted by Gasteiger charge is 2.42. The normalized spacial score (nSPS) is 15.1. The molecule has 0 amide bonds. The fraction of sp³-hybridized carbons (Fsp3) is 0.444. The number of carbonyl (C=O) groups excluding carboxylic acids is 2. The van der Waals surface area contributed by atoms with E-state index >= 15 is 0 Å². The van der Waals surface area contributed by atoms with Gasteiger partial charge in [0.15, 0.2) is 5.69 Å². The summed E-state index contributed by atoms with van der Waals surface area (Å²) in [5.74, 6) is -3.44. The zero-order valence-electron chi connectivity index (χ0n) is 8.95. The van der Waals surface area contributed by atoms with Crippen LogP contribution in [0, 0.1) is 0 Å². The van der Waals surface area contributed by atoms with Crippen LogP contribution >= 0.6 is 0 Å². The molecule has 6 nitrogen and oxygen atoms in total. The van der Waals surface area contributed by atoms with Gasteiger partial charge in [-0.3, -0.25) is 0 Å². The van der Waals surface area contributed by atoms with Gasteiger partial charge in [-0.05, 0) is 0 Å². The minimum atomic E-state index is -5.20. The van der Waals surface area contributed by atoms with Crippen LogP contribution in [-0.4, -0.2) is 34.2 Å². The van der Waals surface area contributed by atoms with Crippen molar-refractivity contribution in [3.8, 4) is 0 Å². The lowest BCUT2D eigenvalue weighted by molar-refractivity contribution is -0.193. The molecule has 1 aromatic rings. The zero-order valence-corrected chi connectivity index (χ0v) is 8.95. The summed E-state index contributed by atoms with van der Waals surface area (Å²) in [5.41, 5.74) is -0.314. The molecule has 0 saturated carbocycles. The molecule has 0 radical (unpaired) electrons. The molecule has 98 valence electrons. The molecular weight excluding hydrogens is 255 g/mol. The lowest BCUT2D eigenvalue weighted by Crippen LogP contribution is -2.28. The maximum Gasteiger partial charge on any atom is 0.491 e. The second kappa shape index (κ2) is 4.41. The van der Waals surface area contributed by atoms with E-state index in [9.17, 15) is 22.8 Å². The highest BCUT2D eigenvalue weighted by molar-refractivity contribution is 5.96. The van der Waals surface area contributed by atoms with Gasteiger partial charge in [-0.1, -0.05) is 0 Å². The average Bonchev–Trinajstić information content (AvgIpc) is 2.71. The van der Waals surface area contributed by atoms with Crippen LogP contribution in [0.25, 0.3) is 0 Å². The van der Waals surface area contributed by atoms with Crippen LogP contribution < -0.4 is 5.32 Å². The summed E-state index contributed by atoms with van der Waals surface area (Å²) in [4.78, 5) is 25.5. The fourth-order valence-corrected chi connectivity index (χ4v) is 1.48. The Morgan fingerprint density at radius 3 is 2.78 bits per heavy atom. The molecule has 18 heavy (non-hydrogen) atoms.